The third-order valence-electron chi connectivity index (χ3n) is 4.52. The van der Waals surface area contributed by atoms with Crippen LogP contribution in [0.1, 0.15) is 39.7 Å². The Labute approximate surface area is 128 Å². The largest absolute Gasteiger partial charge is 0.367 e. The highest BCUT2D eigenvalue weighted by Crippen LogP contribution is 2.37. The quantitative estimate of drug-likeness (QED) is 0.889. The molecular weight excluding hydrogens is 268 g/mol. The van der Waals surface area contributed by atoms with E-state index in [1.165, 1.54) is 17.7 Å². The number of benzene rings is 1. The van der Waals surface area contributed by atoms with E-state index in [1.807, 2.05) is 6.07 Å². The number of para-hydroxylation sites is 1. The average molecular weight is 295 g/mol. The highest BCUT2D eigenvalue weighted by Gasteiger charge is 2.30. The summed E-state index contributed by atoms with van der Waals surface area (Å²) in [5.74, 6) is 1.44. The van der Waals surface area contributed by atoms with E-state index >= 15 is 0 Å². The molecular formula is C17H27ClN2. The summed E-state index contributed by atoms with van der Waals surface area (Å²) in [5.41, 5.74) is 2.55. The summed E-state index contributed by atoms with van der Waals surface area (Å²) in [7, 11) is 0. The monoisotopic (exact) mass is 294 g/mol. The number of hydrogen-bond donors (Lipinski definition) is 1. The minimum Gasteiger partial charge on any atom is -0.367 e. The van der Waals surface area contributed by atoms with Crippen molar-refractivity contribution in [2.75, 3.05) is 18.0 Å². The zero-order chi connectivity index (χ0) is 14.7. The molecule has 1 aliphatic heterocycles. The van der Waals surface area contributed by atoms with E-state index in [0.717, 1.165) is 30.6 Å². The molecule has 0 saturated carbocycles. The zero-order valence-electron chi connectivity index (χ0n) is 13.1. The molecule has 1 aromatic rings. The molecule has 0 aliphatic carbocycles. The van der Waals surface area contributed by atoms with Crippen LogP contribution in [-0.2, 0) is 6.54 Å². The minimum atomic E-state index is 0.548. The van der Waals surface area contributed by atoms with Gasteiger partial charge in [-0.3, -0.25) is 0 Å². The first-order valence-electron chi connectivity index (χ1n) is 7.79. The Bertz CT molecular complexity index is 447. The second-order valence-corrected chi connectivity index (χ2v) is 6.65. The summed E-state index contributed by atoms with van der Waals surface area (Å²) < 4.78 is 0. The summed E-state index contributed by atoms with van der Waals surface area (Å²) >= 11 is 6.53. The van der Waals surface area contributed by atoms with Crippen molar-refractivity contribution in [3.05, 3.63) is 28.8 Å². The van der Waals surface area contributed by atoms with Gasteiger partial charge in [0, 0.05) is 19.1 Å². The first kappa shape index (κ1) is 15.7. The van der Waals surface area contributed by atoms with E-state index in [2.05, 4.69) is 50.0 Å². The third kappa shape index (κ3) is 3.29. The molecule has 112 valence electrons. The van der Waals surface area contributed by atoms with Gasteiger partial charge < -0.3 is 10.2 Å². The Morgan fingerprint density at radius 2 is 2.05 bits per heavy atom. The number of hydrogen-bond acceptors (Lipinski definition) is 2. The number of nitrogens with zero attached hydrogens (tertiary/aromatic N) is 1. The van der Waals surface area contributed by atoms with Crippen LogP contribution in [0.5, 0.6) is 0 Å². The molecule has 0 bridgehead atoms. The van der Waals surface area contributed by atoms with E-state index in [4.69, 9.17) is 11.6 Å². The maximum atomic E-state index is 6.53. The van der Waals surface area contributed by atoms with Crippen molar-refractivity contribution in [3.8, 4) is 0 Å². The van der Waals surface area contributed by atoms with Crippen LogP contribution in [0.2, 0.25) is 5.02 Å². The first-order valence-corrected chi connectivity index (χ1v) is 8.17. The maximum absolute atomic E-state index is 6.53. The minimum absolute atomic E-state index is 0.548. The van der Waals surface area contributed by atoms with Crippen LogP contribution in [0.4, 0.5) is 5.69 Å². The number of nitrogens with one attached hydrogen (secondary N) is 1. The molecule has 3 atom stereocenters. The Morgan fingerprint density at radius 1 is 1.30 bits per heavy atom. The van der Waals surface area contributed by atoms with Crippen LogP contribution >= 0.6 is 11.6 Å². The van der Waals surface area contributed by atoms with Gasteiger partial charge in [0.25, 0.3) is 0 Å². The lowest BCUT2D eigenvalue weighted by Crippen LogP contribution is -2.46. The molecule has 1 fully saturated rings. The Balaban J connectivity index is 2.34. The van der Waals surface area contributed by atoms with E-state index in [0.29, 0.717) is 12.0 Å². The SMILES string of the molecule is CCNCc1cccc(Cl)c1N1CC(C)CC(C)C1C. The van der Waals surface area contributed by atoms with E-state index in [9.17, 15) is 0 Å². The van der Waals surface area contributed by atoms with Crippen LogP contribution in [0.25, 0.3) is 0 Å². The van der Waals surface area contributed by atoms with Crippen molar-refractivity contribution in [1.29, 1.82) is 0 Å². The molecule has 1 aromatic carbocycles. The van der Waals surface area contributed by atoms with Crippen molar-refractivity contribution in [2.45, 2.75) is 46.7 Å². The molecule has 1 aliphatic rings. The van der Waals surface area contributed by atoms with Crippen molar-refractivity contribution < 1.29 is 0 Å². The van der Waals surface area contributed by atoms with E-state index < -0.39 is 0 Å². The molecule has 1 N–H and O–H groups in total. The van der Waals surface area contributed by atoms with Gasteiger partial charge in [-0.2, -0.15) is 0 Å². The summed E-state index contributed by atoms with van der Waals surface area (Å²) in [6.45, 7) is 12.1. The number of piperidine rings is 1. The topological polar surface area (TPSA) is 15.3 Å². The molecule has 2 nitrogen and oxygen atoms in total. The Morgan fingerprint density at radius 3 is 2.75 bits per heavy atom. The Kier molecular flexibility index (Phi) is 5.34. The Hall–Kier alpha value is -0.730. The molecule has 0 spiro atoms. The predicted molar refractivity (Wildman–Crippen MR) is 88.6 cm³/mol. The molecule has 0 amide bonds. The lowest BCUT2D eigenvalue weighted by molar-refractivity contribution is 0.296. The summed E-state index contributed by atoms with van der Waals surface area (Å²) in [4.78, 5) is 2.52. The van der Waals surface area contributed by atoms with Gasteiger partial charge in [-0.15, -0.1) is 0 Å². The van der Waals surface area contributed by atoms with Crippen molar-refractivity contribution in [3.63, 3.8) is 0 Å². The fraction of sp³-hybridized carbons (Fsp3) is 0.647. The molecule has 3 heteroatoms. The molecule has 20 heavy (non-hydrogen) atoms. The fourth-order valence-electron chi connectivity index (χ4n) is 3.29. The number of anilines is 1. The highest BCUT2D eigenvalue weighted by atomic mass is 35.5. The second kappa shape index (κ2) is 6.82. The van der Waals surface area contributed by atoms with Gasteiger partial charge in [0.1, 0.15) is 0 Å². The molecule has 3 unspecified atom stereocenters. The molecule has 0 radical (unpaired) electrons. The fourth-order valence-corrected chi connectivity index (χ4v) is 3.60. The van der Waals surface area contributed by atoms with Crippen molar-refractivity contribution in [1.82, 2.24) is 5.32 Å². The van der Waals surface area contributed by atoms with Crippen LogP contribution in [-0.4, -0.2) is 19.1 Å². The molecule has 1 saturated heterocycles. The summed E-state index contributed by atoms with van der Waals surface area (Å²) in [6, 6.07) is 6.82. The van der Waals surface area contributed by atoms with Crippen LogP contribution < -0.4 is 10.2 Å². The third-order valence-corrected chi connectivity index (χ3v) is 4.83. The number of rotatable bonds is 4. The lowest BCUT2D eigenvalue weighted by Gasteiger charge is -2.43. The van der Waals surface area contributed by atoms with Crippen LogP contribution in [0.3, 0.4) is 0 Å². The smallest absolute Gasteiger partial charge is 0.0643 e. The van der Waals surface area contributed by atoms with Gasteiger partial charge in [-0.25, -0.2) is 0 Å². The van der Waals surface area contributed by atoms with Crippen LogP contribution in [0.15, 0.2) is 18.2 Å². The van der Waals surface area contributed by atoms with E-state index in [1.54, 1.807) is 0 Å². The maximum Gasteiger partial charge on any atom is 0.0643 e. The average Bonchev–Trinajstić information content (AvgIpc) is 2.41. The van der Waals surface area contributed by atoms with Crippen molar-refractivity contribution >= 4 is 17.3 Å². The molecule has 2 rings (SSSR count). The van der Waals surface area contributed by atoms with Crippen molar-refractivity contribution in [2.24, 2.45) is 11.8 Å². The predicted octanol–water partition coefficient (Wildman–Crippen LogP) is 4.32. The lowest BCUT2D eigenvalue weighted by atomic mass is 9.85. The summed E-state index contributed by atoms with van der Waals surface area (Å²) in [6.07, 6.45) is 1.31. The van der Waals surface area contributed by atoms with Gasteiger partial charge in [0.05, 0.1) is 10.7 Å². The van der Waals surface area contributed by atoms with Gasteiger partial charge in [0.15, 0.2) is 0 Å². The highest BCUT2D eigenvalue weighted by molar-refractivity contribution is 6.33. The number of halogens is 1. The van der Waals surface area contributed by atoms with Gasteiger partial charge in [-0.05, 0) is 43.4 Å². The van der Waals surface area contributed by atoms with Gasteiger partial charge >= 0.3 is 0 Å². The van der Waals surface area contributed by atoms with E-state index in [-0.39, 0.29) is 0 Å². The second-order valence-electron chi connectivity index (χ2n) is 6.24. The van der Waals surface area contributed by atoms with Gasteiger partial charge in [-0.1, -0.05) is 44.5 Å². The first-order chi connectivity index (χ1) is 9.54. The summed E-state index contributed by atoms with van der Waals surface area (Å²) in [5, 5.41) is 4.31. The standard InChI is InChI=1S/C17H27ClN2/c1-5-19-10-15-7-6-8-16(18)17(15)20-11-12(2)9-13(3)14(20)4/h6-8,12-14,19H,5,9-11H2,1-4H3. The van der Waals surface area contributed by atoms with Gasteiger partial charge in [0.2, 0.25) is 0 Å². The van der Waals surface area contributed by atoms with Crippen LogP contribution in [0, 0.1) is 11.8 Å². The molecule has 0 aromatic heterocycles. The normalized spacial score (nSPS) is 26.9. The zero-order valence-corrected chi connectivity index (χ0v) is 13.9. The molecule has 1 heterocycles.